The second-order valence-corrected chi connectivity index (χ2v) is 5.50. The third-order valence-electron chi connectivity index (χ3n) is 2.28. The minimum atomic E-state index is -3.50. The van der Waals surface area contributed by atoms with Crippen molar-refractivity contribution in [2.75, 3.05) is 13.2 Å². The maximum atomic E-state index is 12.2. The van der Waals surface area contributed by atoms with Gasteiger partial charge in [0, 0.05) is 6.42 Å². The van der Waals surface area contributed by atoms with Crippen LogP contribution in [0.2, 0.25) is 0 Å². The molecule has 4 heteroatoms. The van der Waals surface area contributed by atoms with E-state index in [-0.39, 0.29) is 16.2 Å². The Morgan fingerprint density at radius 2 is 2.00 bits per heavy atom. The van der Waals surface area contributed by atoms with Crippen LogP contribution < -0.4 is 0 Å². The molecule has 0 radical (unpaired) electrons. The van der Waals surface area contributed by atoms with Crippen molar-refractivity contribution in [2.45, 2.75) is 11.3 Å². The summed E-state index contributed by atoms with van der Waals surface area (Å²) in [7, 11) is -3.50. The fraction of sp³-hybridized carbons (Fsp3) is 0.214. The fourth-order valence-corrected chi connectivity index (χ4v) is 2.73. The molecule has 0 bridgehead atoms. The van der Waals surface area contributed by atoms with Gasteiger partial charge in [0.1, 0.15) is 0 Å². The Hall–Kier alpha value is -1.61. The van der Waals surface area contributed by atoms with Crippen molar-refractivity contribution >= 4 is 9.84 Å². The number of sulfone groups is 1. The van der Waals surface area contributed by atoms with Gasteiger partial charge in [-0.15, -0.1) is 12.3 Å². The SMILES string of the molecule is C=C=C(CCOCC=C)S(=O)(=O)c1ccccc1. The van der Waals surface area contributed by atoms with Crippen molar-refractivity contribution in [1.29, 1.82) is 0 Å². The van der Waals surface area contributed by atoms with Gasteiger partial charge in [0.25, 0.3) is 0 Å². The molecule has 0 atom stereocenters. The highest BCUT2D eigenvalue weighted by Gasteiger charge is 2.19. The highest BCUT2D eigenvalue weighted by Crippen LogP contribution is 2.20. The molecule has 0 heterocycles. The van der Waals surface area contributed by atoms with Crippen LogP contribution in [-0.4, -0.2) is 21.6 Å². The van der Waals surface area contributed by atoms with Crippen LogP contribution in [0, 0.1) is 0 Å². The van der Waals surface area contributed by atoms with E-state index in [4.69, 9.17) is 4.74 Å². The molecule has 1 aromatic rings. The summed E-state index contributed by atoms with van der Waals surface area (Å²) >= 11 is 0. The van der Waals surface area contributed by atoms with E-state index >= 15 is 0 Å². The van der Waals surface area contributed by atoms with Crippen LogP contribution in [-0.2, 0) is 14.6 Å². The lowest BCUT2D eigenvalue weighted by atomic mass is 10.4. The van der Waals surface area contributed by atoms with Gasteiger partial charge in [0.2, 0.25) is 9.84 Å². The topological polar surface area (TPSA) is 43.4 Å². The van der Waals surface area contributed by atoms with Crippen LogP contribution in [0.1, 0.15) is 6.42 Å². The largest absolute Gasteiger partial charge is 0.377 e. The van der Waals surface area contributed by atoms with E-state index in [1.807, 2.05) is 0 Å². The maximum absolute atomic E-state index is 12.2. The zero-order valence-electron chi connectivity index (χ0n) is 10.1. The third-order valence-corrected chi connectivity index (χ3v) is 4.17. The first-order valence-electron chi connectivity index (χ1n) is 5.50. The molecule has 0 aliphatic carbocycles. The van der Waals surface area contributed by atoms with Gasteiger partial charge in [-0.25, -0.2) is 8.42 Å². The van der Waals surface area contributed by atoms with E-state index in [9.17, 15) is 8.42 Å². The van der Waals surface area contributed by atoms with E-state index in [2.05, 4.69) is 18.9 Å². The predicted molar refractivity (Wildman–Crippen MR) is 71.9 cm³/mol. The van der Waals surface area contributed by atoms with Gasteiger partial charge in [-0.3, -0.25) is 0 Å². The fourth-order valence-electron chi connectivity index (χ4n) is 1.39. The molecule has 0 saturated carbocycles. The standard InChI is InChI=1S/C14H16O3S/c1-3-11-17-12-10-13(4-2)18(15,16)14-8-6-5-7-9-14/h3,5-9H,1-2,10-12H2. The molecular formula is C14H16O3S. The van der Waals surface area contributed by atoms with E-state index < -0.39 is 9.84 Å². The lowest BCUT2D eigenvalue weighted by Gasteiger charge is -2.07. The Morgan fingerprint density at radius 1 is 1.33 bits per heavy atom. The van der Waals surface area contributed by atoms with Gasteiger partial charge in [-0.05, 0) is 12.1 Å². The average Bonchev–Trinajstić information content (AvgIpc) is 2.39. The van der Waals surface area contributed by atoms with Crippen molar-refractivity contribution in [2.24, 2.45) is 0 Å². The molecule has 0 unspecified atom stereocenters. The highest BCUT2D eigenvalue weighted by atomic mass is 32.2. The zero-order valence-corrected chi connectivity index (χ0v) is 10.9. The molecule has 0 aliphatic heterocycles. The van der Waals surface area contributed by atoms with Gasteiger partial charge in [-0.1, -0.05) is 30.9 Å². The number of rotatable bonds is 7. The summed E-state index contributed by atoms with van der Waals surface area (Å²) in [5, 5.41) is 0. The van der Waals surface area contributed by atoms with E-state index in [1.54, 1.807) is 36.4 Å². The Labute approximate surface area is 108 Å². The molecule has 3 nitrogen and oxygen atoms in total. The average molecular weight is 264 g/mol. The Balaban J connectivity index is 2.83. The Bertz CT molecular complexity index is 538. The van der Waals surface area contributed by atoms with Crippen LogP contribution in [0.3, 0.4) is 0 Å². The Morgan fingerprint density at radius 3 is 2.56 bits per heavy atom. The smallest absolute Gasteiger partial charge is 0.210 e. The van der Waals surface area contributed by atoms with Gasteiger partial charge in [0.15, 0.2) is 0 Å². The molecule has 0 aromatic heterocycles. The van der Waals surface area contributed by atoms with Crippen LogP contribution in [0.15, 0.2) is 65.1 Å². The lowest BCUT2D eigenvalue weighted by Crippen LogP contribution is -2.07. The number of benzene rings is 1. The lowest BCUT2D eigenvalue weighted by molar-refractivity contribution is 0.167. The third kappa shape index (κ3) is 3.70. The molecular weight excluding hydrogens is 248 g/mol. The van der Waals surface area contributed by atoms with E-state index in [0.29, 0.717) is 13.2 Å². The normalized spacial score (nSPS) is 10.7. The van der Waals surface area contributed by atoms with Crippen LogP contribution in [0.5, 0.6) is 0 Å². The van der Waals surface area contributed by atoms with Gasteiger partial charge >= 0.3 is 0 Å². The molecule has 1 rings (SSSR count). The first kappa shape index (κ1) is 14.5. The van der Waals surface area contributed by atoms with Crippen molar-refractivity contribution in [3.8, 4) is 0 Å². The molecule has 18 heavy (non-hydrogen) atoms. The quantitative estimate of drug-likeness (QED) is 0.432. The van der Waals surface area contributed by atoms with Crippen LogP contribution >= 0.6 is 0 Å². The van der Waals surface area contributed by atoms with Gasteiger partial charge in [-0.2, -0.15) is 0 Å². The molecule has 0 spiro atoms. The summed E-state index contributed by atoms with van der Waals surface area (Å²) in [5.41, 5.74) is 2.49. The summed E-state index contributed by atoms with van der Waals surface area (Å²) < 4.78 is 29.6. The van der Waals surface area contributed by atoms with Crippen molar-refractivity contribution < 1.29 is 13.2 Å². The summed E-state index contributed by atoms with van der Waals surface area (Å²) in [6.07, 6.45) is 1.87. The van der Waals surface area contributed by atoms with Crippen molar-refractivity contribution in [1.82, 2.24) is 0 Å². The number of hydrogen-bond acceptors (Lipinski definition) is 3. The van der Waals surface area contributed by atoms with Gasteiger partial charge < -0.3 is 4.74 Å². The minimum Gasteiger partial charge on any atom is -0.377 e. The zero-order chi connectivity index (χ0) is 13.4. The number of hydrogen-bond donors (Lipinski definition) is 0. The van der Waals surface area contributed by atoms with Crippen molar-refractivity contribution in [3.63, 3.8) is 0 Å². The summed E-state index contributed by atoms with van der Waals surface area (Å²) in [5.74, 6) is 0. The molecule has 0 saturated heterocycles. The molecule has 1 aromatic carbocycles. The minimum absolute atomic E-state index is 0.151. The molecule has 0 amide bonds. The second kappa shape index (κ2) is 6.97. The van der Waals surface area contributed by atoms with Crippen LogP contribution in [0.25, 0.3) is 0 Å². The van der Waals surface area contributed by atoms with Crippen LogP contribution in [0.4, 0.5) is 0 Å². The summed E-state index contributed by atoms with van der Waals surface area (Å²) in [6, 6.07) is 8.24. The first-order chi connectivity index (χ1) is 8.62. The summed E-state index contributed by atoms with van der Waals surface area (Å²) in [4.78, 5) is 0.401. The predicted octanol–water partition coefficient (Wildman–Crippen LogP) is 2.72. The molecule has 0 N–H and O–H groups in total. The Kier molecular flexibility index (Phi) is 5.59. The van der Waals surface area contributed by atoms with E-state index in [1.165, 1.54) is 0 Å². The highest BCUT2D eigenvalue weighted by molar-refractivity contribution is 7.95. The van der Waals surface area contributed by atoms with E-state index in [0.717, 1.165) is 0 Å². The molecule has 0 aliphatic rings. The van der Waals surface area contributed by atoms with Crippen molar-refractivity contribution in [3.05, 3.63) is 60.2 Å². The first-order valence-corrected chi connectivity index (χ1v) is 6.99. The second-order valence-electron chi connectivity index (χ2n) is 3.53. The molecule has 0 fully saturated rings. The molecule has 96 valence electrons. The monoisotopic (exact) mass is 264 g/mol. The van der Waals surface area contributed by atoms with Gasteiger partial charge in [0.05, 0.1) is 23.0 Å². The maximum Gasteiger partial charge on any atom is 0.210 e. The number of ether oxygens (including phenoxy) is 1. The summed E-state index contributed by atoms with van der Waals surface area (Å²) in [6.45, 7) is 7.65.